The van der Waals surface area contributed by atoms with Gasteiger partial charge in [-0.05, 0) is 38.0 Å². The molecule has 1 unspecified atom stereocenters. The number of fused-ring (bicyclic) bond motifs is 1. The molecule has 1 heterocycles. The second-order valence-electron chi connectivity index (χ2n) is 8.39. The van der Waals surface area contributed by atoms with Crippen LogP contribution < -0.4 is 15.4 Å². The van der Waals surface area contributed by atoms with Gasteiger partial charge in [-0.3, -0.25) is 9.59 Å². The molecule has 3 N–H and O–H groups in total. The minimum absolute atomic E-state index is 0.103. The summed E-state index contributed by atoms with van der Waals surface area (Å²) >= 11 is 6.37. The maximum atomic E-state index is 12.9. The highest BCUT2D eigenvalue weighted by atomic mass is 35.5. The molecular weight excluding hydrogens is 404 g/mol. The zero-order valence-corrected chi connectivity index (χ0v) is 18.6. The second kappa shape index (κ2) is 8.19. The van der Waals surface area contributed by atoms with Crippen LogP contribution in [0.25, 0.3) is 0 Å². The number of hydrogen-bond acceptors (Lipinski definition) is 4. The number of halogens is 1. The number of phenolic OH excluding ortho intramolecular Hbond substituents is 1. The number of rotatable bonds is 5. The molecule has 30 heavy (non-hydrogen) atoms. The van der Waals surface area contributed by atoms with E-state index in [0.29, 0.717) is 23.4 Å². The fourth-order valence-corrected chi connectivity index (χ4v) is 4.06. The molecule has 7 heteroatoms. The minimum atomic E-state index is -0.742. The van der Waals surface area contributed by atoms with Gasteiger partial charge in [0.25, 0.3) is 5.91 Å². The fraction of sp³-hybridized carbons (Fsp3) is 0.391. The number of phenols is 1. The zero-order valence-electron chi connectivity index (χ0n) is 17.9. The van der Waals surface area contributed by atoms with Crippen molar-refractivity contribution in [2.24, 2.45) is 0 Å². The molecule has 2 aromatic rings. The number of hydrogen-bond donors (Lipinski definition) is 3. The molecule has 0 saturated heterocycles. The number of ether oxygens (including phenoxy) is 1. The Morgan fingerprint density at radius 2 is 2.03 bits per heavy atom. The molecule has 0 aliphatic carbocycles. The highest BCUT2D eigenvalue weighted by molar-refractivity contribution is 6.34. The van der Waals surface area contributed by atoms with Gasteiger partial charge in [-0.1, -0.05) is 50.1 Å². The number of benzene rings is 2. The summed E-state index contributed by atoms with van der Waals surface area (Å²) in [6, 6.07) is 7.21. The normalized spacial score (nSPS) is 15.7. The summed E-state index contributed by atoms with van der Waals surface area (Å²) in [5.74, 6) is -0.0202. The number of anilines is 2. The van der Waals surface area contributed by atoms with Crippen molar-refractivity contribution in [2.75, 3.05) is 10.6 Å². The number of carbonyl (C=O) groups excluding carboxylic acids is 2. The molecule has 0 spiro atoms. The maximum Gasteiger partial charge on any atom is 0.265 e. The van der Waals surface area contributed by atoms with Gasteiger partial charge in [-0.2, -0.15) is 0 Å². The van der Waals surface area contributed by atoms with Crippen molar-refractivity contribution in [2.45, 2.75) is 59.0 Å². The first kappa shape index (κ1) is 22.0. The Hall–Kier alpha value is -2.73. The number of aryl methyl sites for hydroxylation is 2. The molecule has 2 amide bonds. The van der Waals surface area contributed by atoms with Gasteiger partial charge in [0.15, 0.2) is 6.10 Å². The Morgan fingerprint density at radius 3 is 2.67 bits per heavy atom. The van der Waals surface area contributed by atoms with Crippen LogP contribution in [0.2, 0.25) is 5.02 Å². The standard InChI is InChI=1S/C23H27ClN2O4/c1-6-16(30-17-8-7-12(2)9-13(17)3)22(29)25-15-10-14(24)20-19(21(15)28)23(4,5)11-18(27)26-20/h7-10,16,28H,6,11H2,1-5H3,(H,25,29)(H,26,27). The van der Waals surface area contributed by atoms with Gasteiger partial charge >= 0.3 is 0 Å². The molecule has 1 atom stereocenters. The first-order chi connectivity index (χ1) is 14.0. The summed E-state index contributed by atoms with van der Waals surface area (Å²) in [7, 11) is 0. The van der Waals surface area contributed by atoms with Gasteiger partial charge in [0.2, 0.25) is 5.91 Å². The van der Waals surface area contributed by atoms with E-state index in [1.807, 2.05) is 52.8 Å². The molecule has 0 saturated carbocycles. The molecule has 160 valence electrons. The lowest BCUT2D eigenvalue weighted by atomic mass is 9.77. The highest BCUT2D eigenvalue weighted by Crippen LogP contribution is 2.49. The lowest BCUT2D eigenvalue weighted by molar-refractivity contribution is -0.123. The van der Waals surface area contributed by atoms with Gasteiger partial charge in [-0.15, -0.1) is 0 Å². The van der Waals surface area contributed by atoms with Crippen LogP contribution >= 0.6 is 11.6 Å². The Bertz CT molecular complexity index is 1020. The quantitative estimate of drug-likeness (QED) is 0.577. The summed E-state index contributed by atoms with van der Waals surface area (Å²) in [5, 5.41) is 16.6. The van der Waals surface area contributed by atoms with Crippen molar-refractivity contribution in [3.05, 3.63) is 46.0 Å². The monoisotopic (exact) mass is 430 g/mol. The van der Waals surface area contributed by atoms with E-state index in [4.69, 9.17) is 16.3 Å². The van der Waals surface area contributed by atoms with Crippen LogP contribution in [0.1, 0.15) is 50.3 Å². The van der Waals surface area contributed by atoms with Gasteiger partial charge in [0, 0.05) is 17.4 Å². The van der Waals surface area contributed by atoms with Crippen molar-refractivity contribution in [3.63, 3.8) is 0 Å². The van der Waals surface area contributed by atoms with Crippen molar-refractivity contribution in [1.82, 2.24) is 0 Å². The van der Waals surface area contributed by atoms with Crippen molar-refractivity contribution in [1.29, 1.82) is 0 Å². The van der Waals surface area contributed by atoms with Crippen LogP contribution in [0.15, 0.2) is 24.3 Å². The average molecular weight is 431 g/mol. The summed E-state index contributed by atoms with van der Waals surface area (Å²) < 4.78 is 5.94. The lowest BCUT2D eigenvalue weighted by Crippen LogP contribution is -2.34. The Labute approximate surface area is 181 Å². The molecule has 3 rings (SSSR count). The van der Waals surface area contributed by atoms with Crippen LogP contribution in [0.3, 0.4) is 0 Å². The van der Waals surface area contributed by atoms with Crippen LogP contribution in [0.4, 0.5) is 11.4 Å². The van der Waals surface area contributed by atoms with Gasteiger partial charge in [0.05, 0.1) is 16.4 Å². The minimum Gasteiger partial charge on any atom is -0.505 e. The molecule has 6 nitrogen and oxygen atoms in total. The molecule has 1 aliphatic heterocycles. The predicted molar refractivity (Wildman–Crippen MR) is 119 cm³/mol. The Balaban J connectivity index is 1.89. The van der Waals surface area contributed by atoms with E-state index in [1.54, 1.807) is 0 Å². The van der Waals surface area contributed by atoms with E-state index in [-0.39, 0.29) is 34.7 Å². The number of amides is 2. The number of aromatic hydroxyl groups is 1. The maximum absolute atomic E-state index is 12.9. The summed E-state index contributed by atoms with van der Waals surface area (Å²) in [5.41, 5.74) is 2.50. The van der Waals surface area contributed by atoms with Gasteiger partial charge in [0.1, 0.15) is 11.5 Å². The van der Waals surface area contributed by atoms with Crippen molar-refractivity contribution < 1.29 is 19.4 Å². The van der Waals surface area contributed by atoms with Gasteiger partial charge in [-0.25, -0.2) is 0 Å². The topological polar surface area (TPSA) is 87.7 Å². The van der Waals surface area contributed by atoms with Crippen LogP contribution in [0.5, 0.6) is 11.5 Å². The zero-order chi connectivity index (χ0) is 22.2. The molecule has 2 aromatic carbocycles. The third kappa shape index (κ3) is 4.24. The van der Waals surface area contributed by atoms with Crippen LogP contribution in [0, 0.1) is 13.8 Å². The largest absolute Gasteiger partial charge is 0.505 e. The first-order valence-corrected chi connectivity index (χ1v) is 10.3. The molecule has 1 aliphatic rings. The van der Waals surface area contributed by atoms with E-state index < -0.39 is 11.5 Å². The van der Waals surface area contributed by atoms with Crippen LogP contribution in [-0.4, -0.2) is 23.0 Å². The molecule has 0 radical (unpaired) electrons. The van der Waals surface area contributed by atoms with Gasteiger partial charge < -0.3 is 20.5 Å². The summed E-state index contributed by atoms with van der Waals surface area (Å²) in [4.78, 5) is 24.9. The Kier molecular flexibility index (Phi) is 5.99. The predicted octanol–water partition coefficient (Wildman–Crippen LogP) is 5.08. The first-order valence-electron chi connectivity index (χ1n) is 9.94. The van der Waals surface area contributed by atoms with Crippen molar-refractivity contribution >= 4 is 34.8 Å². The summed E-state index contributed by atoms with van der Waals surface area (Å²) in [6.45, 7) is 9.48. The average Bonchev–Trinajstić information content (AvgIpc) is 2.64. The van der Waals surface area contributed by atoms with E-state index in [9.17, 15) is 14.7 Å². The fourth-order valence-electron chi connectivity index (χ4n) is 3.81. The van der Waals surface area contributed by atoms with E-state index in [2.05, 4.69) is 10.6 Å². The number of nitrogens with one attached hydrogen (secondary N) is 2. The van der Waals surface area contributed by atoms with E-state index >= 15 is 0 Å². The SMILES string of the molecule is CCC(Oc1ccc(C)cc1C)C(=O)Nc1cc(Cl)c2c(c1O)C(C)(C)CC(=O)N2. The highest BCUT2D eigenvalue weighted by Gasteiger charge is 2.37. The third-order valence-corrected chi connectivity index (χ3v) is 5.61. The summed E-state index contributed by atoms with van der Waals surface area (Å²) in [6.07, 6.45) is -0.0947. The van der Waals surface area contributed by atoms with Crippen molar-refractivity contribution in [3.8, 4) is 11.5 Å². The third-order valence-electron chi connectivity index (χ3n) is 5.32. The van der Waals surface area contributed by atoms with Crippen LogP contribution in [-0.2, 0) is 15.0 Å². The number of carbonyl (C=O) groups is 2. The molecule has 0 aromatic heterocycles. The lowest BCUT2D eigenvalue weighted by Gasteiger charge is -2.34. The molecule has 0 fully saturated rings. The smallest absolute Gasteiger partial charge is 0.265 e. The second-order valence-corrected chi connectivity index (χ2v) is 8.79. The molecule has 0 bridgehead atoms. The Morgan fingerprint density at radius 1 is 1.33 bits per heavy atom. The molecular formula is C23H27ClN2O4. The van der Waals surface area contributed by atoms with E-state index in [0.717, 1.165) is 11.1 Å². The van der Waals surface area contributed by atoms with E-state index in [1.165, 1.54) is 6.07 Å².